The number of nitrogens with zero attached hydrogens (tertiary/aromatic N) is 4. The summed E-state index contributed by atoms with van der Waals surface area (Å²) in [5.74, 6) is 0.710. The third-order valence-corrected chi connectivity index (χ3v) is 4.25. The quantitative estimate of drug-likeness (QED) is 0.376. The fourth-order valence-corrected chi connectivity index (χ4v) is 2.73. The molecule has 0 aromatic carbocycles. The van der Waals surface area contributed by atoms with Crippen molar-refractivity contribution in [3.05, 3.63) is 16.8 Å². The standard InChI is InChI=1S/C14H23N5O2/c1-9-10(2)16-17-13(11(9)12(15)18-20)19-7-5-6-14(3,8-19)21-4/h20H,5-8H2,1-4H3,(H2,15,18). The van der Waals surface area contributed by atoms with Gasteiger partial charge in [-0.15, -0.1) is 5.10 Å². The molecule has 7 nitrogen and oxygen atoms in total. The molecule has 1 fully saturated rings. The lowest BCUT2D eigenvalue weighted by molar-refractivity contribution is -0.00485. The van der Waals surface area contributed by atoms with Crippen LogP contribution < -0.4 is 10.6 Å². The highest BCUT2D eigenvalue weighted by Crippen LogP contribution is 2.30. The Morgan fingerprint density at radius 2 is 2.14 bits per heavy atom. The Kier molecular flexibility index (Phi) is 4.32. The maximum absolute atomic E-state index is 9.05. The van der Waals surface area contributed by atoms with E-state index in [0.29, 0.717) is 17.9 Å². The molecule has 2 heterocycles. The molecule has 1 saturated heterocycles. The van der Waals surface area contributed by atoms with E-state index in [4.69, 9.17) is 15.7 Å². The topological polar surface area (TPSA) is 96.9 Å². The zero-order chi connectivity index (χ0) is 15.6. The van der Waals surface area contributed by atoms with E-state index < -0.39 is 0 Å². The van der Waals surface area contributed by atoms with Gasteiger partial charge in [0.1, 0.15) is 0 Å². The third-order valence-electron chi connectivity index (χ3n) is 4.25. The molecule has 1 atom stereocenters. The van der Waals surface area contributed by atoms with E-state index in [2.05, 4.69) is 27.2 Å². The smallest absolute Gasteiger partial charge is 0.174 e. The minimum Gasteiger partial charge on any atom is -0.409 e. The zero-order valence-corrected chi connectivity index (χ0v) is 13.1. The predicted molar refractivity (Wildman–Crippen MR) is 80.9 cm³/mol. The molecule has 0 amide bonds. The van der Waals surface area contributed by atoms with Gasteiger partial charge in [0.2, 0.25) is 0 Å². The average molecular weight is 293 g/mol. The van der Waals surface area contributed by atoms with E-state index in [1.165, 1.54) is 0 Å². The Morgan fingerprint density at radius 3 is 2.76 bits per heavy atom. The summed E-state index contributed by atoms with van der Waals surface area (Å²) in [6, 6.07) is 0. The van der Waals surface area contributed by atoms with Crippen molar-refractivity contribution in [2.24, 2.45) is 10.9 Å². The van der Waals surface area contributed by atoms with Crippen LogP contribution in [0.3, 0.4) is 0 Å². The van der Waals surface area contributed by atoms with Crippen LogP contribution in [0.25, 0.3) is 0 Å². The Morgan fingerprint density at radius 1 is 1.43 bits per heavy atom. The number of ether oxygens (including phenoxy) is 1. The first kappa shape index (κ1) is 15.5. The Labute approximate surface area is 124 Å². The number of aromatic nitrogens is 2. The predicted octanol–water partition coefficient (Wildman–Crippen LogP) is 1.19. The van der Waals surface area contributed by atoms with E-state index in [-0.39, 0.29) is 11.4 Å². The highest BCUT2D eigenvalue weighted by Gasteiger charge is 2.33. The first-order valence-electron chi connectivity index (χ1n) is 7.04. The Bertz CT molecular complexity index is 561. The molecule has 0 bridgehead atoms. The lowest BCUT2D eigenvalue weighted by Gasteiger charge is -2.40. The summed E-state index contributed by atoms with van der Waals surface area (Å²) in [4.78, 5) is 2.10. The van der Waals surface area contributed by atoms with Crippen molar-refractivity contribution in [3.63, 3.8) is 0 Å². The fraction of sp³-hybridized carbons (Fsp3) is 0.643. The van der Waals surface area contributed by atoms with E-state index in [9.17, 15) is 0 Å². The normalized spacial score (nSPS) is 23.4. The second-order valence-corrected chi connectivity index (χ2v) is 5.77. The highest BCUT2D eigenvalue weighted by molar-refractivity contribution is 6.02. The van der Waals surface area contributed by atoms with Crippen LogP contribution in [0.5, 0.6) is 0 Å². The van der Waals surface area contributed by atoms with E-state index >= 15 is 0 Å². The first-order chi connectivity index (χ1) is 9.91. The van der Waals surface area contributed by atoms with Crippen LogP contribution in [0.2, 0.25) is 0 Å². The molecule has 1 aromatic heterocycles. The molecule has 0 spiro atoms. The number of amidine groups is 1. The van der Waals surface area contributed by atoms with Crippen molar-refractivity contribution >= 4 is 11.7 Å². The molecule has 1 aliphatic heterocycles. The van der Waals surface area contributed by atoms with Gasteiger partial charge in [0.25, 0.3) is 0 Å². The molecule has 1 unspecified atom stereocenters. The largest absolute Gasteiger partial charge is 0.409 e. The number of aryl methyl sites for hydroxylation is 1. The summed E-state index contributed by atoms with van der Waals surface area (Å²) in [7, 11) is 1.72. The molecule has 0 aliphatic carbocycles. The van der Waals surface area contributed by atoms with Gasteiger partial charge < -0.3 is 20.6 Å². The number of nitrogens with two attached hydrogens (primary N) is 1. The Balaban J connectivity index is 2.46. The van der Waals surface area contributed by atoms with Crippen LogP contribution in [0.15, 0.2) is 5.16 Å². The van der Waals surface area contributed by atoms with Crippen molar-refractivity contribution in [2.75, 3.05) is 25.1 Å². The van der Waals surface area contributed by atoms with Crippen molar-refractivity contribution < 1.29 is 9.94 Å². The number of piperidine rings is 1. The lowest BCUT2D eigenvalue weighted by atomic mass is 9.94. The molecule has 1 aliphatic rings. The average Bonchev–Trinajstić information content (AvgIpc) is 2.49. The lowest BCUT2D eigenvalue weighted by Crippen LogP contribution is -2.48. The molecule has 7 heteroatoms. The number of anilines is 1. The summed E-state index contributed by atoms with van der Waals surface area (Å²) in [5, 5.41) is 20.6. The van der Waals surface area contributed by atoms with Crippen molar-refractivity contribution in [3.8, 4) is 0 Å². The van der Waals surface area contributed by atoms with Crippen LogP contribution in [0.4, 0.5) is 5.82 Å². The molecular weight excluding hydrogens is 270 g/mol. The minimum atomic E-state index is -0.221. The van der Waals surface area contributed by atoms with Crippen LogP contribution in [-0.4, -0.2) is 47.0 Å². The summed E-state index contributed by atoms with van der Waals surface area (Å²) in [6.45, 7) is 7.39. The molecular formula is C14H23N5O2. The van der Waals surface area contributed by atoms with Crippen LogP contribution in [0, 0.1) is 13.8 Å². The number of hydrogen-bond donors (Lipinski definition) is 2. The van der Waals surface area contributed by atoms with E-state index in [1.54, 1.807) is 7.11 Å². The molecule has 0 saturated carbocycles. The van der Waals surface area contributed by atoms with Gasteiger partial charge in [-0.1, -0.05) is 5.16 Å². The second kappa shape index (κ2) is 5.85. The molecule has 1 aromatic rings. The number of rotatable bonds is 3. The molecule has 116 valence electrons. The van der Waals surface area contributed by atoms with Gasteiger partial charge in [-0.25, -0.2) is 0 Å². The zero-order valence-electron chi connectivity index (χ0n) is 13.1. The number of hydrogen-bond acceptors (Lipinski definition) is 6. The van der Waals surface area contributed by atoms with Gasteiger partial charge in [0.05, 0.1) is 16.9 Å². The van der Waals surface area contributed by atoms with Gasteiger partial charge >= 0.3 is 0 Å². The SMILES string of the molecule is COC1(C)CCCN(c2nnc(C)c(C)c2C(N)=NO)C1. The van der Waals surface area contributed by atoms with Gasteiger partial charge in [-0.2, -0.15) is 5.10 Å². The van der Waals surface area contributed by atoms with Crippen LogP contribution in [-0.2, 0) is 4.74 Å². The van der Waals surface area contributed by atoms with Crippen LogP contribution >= 0.6 is 0 Å². The monoisotopic (exact) mass is 293 g/mol. The number of methoxy groups -OCH3 is 1. The van der Waals surface area contributed by atoms with Crippen molar-refractivity contribution in [1.82, 2.24) is 10.2 Å². The maximum Gasteiger partial charge on any atom is 0.174 e. The molecule has 3 N–H and O–H groups in total. The highest BCUT2D eigenvalue weighted by atomic mass is 16.5. The van der Waals surface area contributed by atoms with Crippen molar-refractivity contribution in [1.29, 1.82) is 0 Å². The maximum atomic E-state index is 9.05. The number of oxime groups is 1. The van der Waals surface area contributed by atoms with Gasteiger partial charge in [0, 0.05) is 20.2 Å². The Hall–Kier alpha value is -1.89. The minimum absolute atomic E-state index is 0.0604. The molecule has 2 rings (SSSR count). The van der Waals surface area contributed by atoms with Gasteiger partial charge in [-0.05, 0) is 39.2 Å². The molecule has 0 radical (unpaired) electrons. The second-order valence-electron chi connectivity index (χ2n) is 5.77. The first-order valence-corrected chi connectivity index (χ1v) is 7.04. The van der Waals surface area contributed by atoms with Crippen molar-refractivity contribution in [2.45, 2.75) is 39.2 Å². The summed E-state index contributed by atoms with van der Waals surface area (Å²) >= 11 is 0. The summed E-state index contributed by atoms with van der Waals surface area (Å²) < 4.78 is 5.61. The summed E-state index contributed by atoms with van der Waals surface area (Å²) in [6.07, 6.45) is 1.99. The van der Waals surface area contributed by atoms with E-state index in [1.807, 2.05) is 13.8 Å². The van der Waals surface area contributed by atoms with E-state index in [0.717, 1.165) is 30.6 Å². The van der Waals surface area contributed by atoms with Crippen LogP contribution in [0.1, 0.15) is 36.6 Å². The van der Waals surface area contributed by atoms with Gasteiger partial charge in [0.15, 0.2) is 11.7 Å². The third kappa shape index (κ3) is 2.92. The molecule has 21 heavy (non-hydrogen) atoms. The van der Waals surface area contributed by atoms with Gasteiger partial charge in [-0.3, -0.25) is 0 Å². The summed E-state index contributed by atoms with van der Waals surface area (Å²) in [5.41, 5.74) is 7.91. The fourth-order valence-electron chi connectivity index (χ4n) is 2.73.